The molecule has 0 spiro atoms. The maximum Gasteiger partial charge on any atom is 0.224 e. The van der Waals surface area contributed by atoms with E-state index in [0.29, 0.717) is 19.1 Å². The SMILES string of the molecule is CCS(=O)(=O)N1CCC[C@@H](C(=O)NC2CCCCC2)C1. The van der Waals surface area contributed by atoms with E-state index in [9.17, 15) is 13.2 Å². The Morgan fingerprint density at radius 2 is 1.85 bits per heavy atom. The van der Waals surface area contributed by atoms with Gasteiger partial charge in [0.25, 0.3) is 0 Å². The molecule has 0 bridgehead atoms. The average molecular weight is 302 g/mol. The minimum absolute atomic E-state index is 0.0490. The van der Waals surface area contributed by atoms with Crippen LogP contribution in [0.5, 0.6) is 0 Å². The number of hydrogen-bond acceptors (Lipinski definition) is 3. The predicted molar refractivity (Wildman–Crippen MR) is 78.8 cm³/mol. The van der Waals surface area contributed by atoms with Crippen molar-refractivity contribution in [2.24, 2.45) is 5.92 Å². The standard InChI is InChI=1S/C14H26N2O3S/c1-2-20(18,19)16-10-6-7-12(11-16)14(17)15-13-8-4-3-5-9-13/h12-13H,2-11H2,1H3,(H,15,17)/t12-/m1/s1. The fraction of sp³-hybridized carbons (Fsp3) is 0.929. The molecule has 6 heteroatoms. The third kappa shape index (κ3) is 3.95. The number of sulfonamides is 1. The quantitative estimate of drug-likeness (QED) is 0.856. The van der Waals surface area contributed by atoms with E-state index < -0.39 is 10.0 Å². The Morgan fingerprint density at radius 1 is 1.15 bits per heavy atom. The van der Waals surface area contributed by atoms with E-state index in [0.717, 1.165) is 25.7 Å². The van der Waals surface area contributed by atoms with Crippen LogP contribution in [0.1, 0.15) is 51.9 Å². The molecule has 0 aromatic rings. The van der Waals surface area contributed by atoms with E-state index in [4.69, 9.17) is 0 Å². The van der Waals surface area contributed by atoms with E-state index in [1.807, 2.05) is 0 Å². The first-order chi connectivity index (χ1) is 9.53. The molecule has 0 aromatic heterocycles. The van der Waals surface area contributed by atoms with E-state index in [1.165, 1.54) is 23.6 Å². The summed E-state index contributed by atoms with van der Waals surface area (Å²) in [4.78, 5) is 12.3. The van der Waals surface area contributed by atoms with Crippen LogP contribution in [0.2, 0.25) is 0 Å². The van der Waals surface area contributed by atoms with E-state index in [1.54, 1.807) is 6.92 Å². The van der Waals surface area contributed by atoms with Crippen molar-refractivity contribution >= 4 is 15.9 Å². The summed E-state index contributed by atoms with van der Waals surface area (Å²) >= 11 is 0. The van der Waals surface area contributed by atoms with Gasteiger partial charge < -0.3 is 5.32 Å². The number of piperidine rings is 1. The second-order valence-corrected chi connectivity index (χ2v) is 8.20. The number of amides is 1. The molecule has 20 heavy (non-hydrogen) atoms. The Kier molecular flexibility index (Phi) is 5.43. The van der Waals surface area contributed by atoms with Crippen LogP contribution in [0.25, 0.3) is 0 Å². The lowest BCUT2D eigenvalue weighted by Crippen LogP contribution is -2.48. The van der Waals surface area contributed by atoms with Crippen molar-refractivity contribution in [2.75, 3.05) is 18.8 Å². The van der Waals surface area contributed by atoms with Gasteiger partial charge in [-0.1, -0.05) is 19.3 Å². The van der Waals surface area contributed by atoms with Crippen molar-refractivity contribution in [2.45, 2.75) is 57.9 Å². The second kappa shape index (κ2) is 6.89. The van der Waals surface area contributed by atoms with Crippen LogP contribution in [0.4, 0.5) is 0 Å². The Bertz CT molecular complexity index is 430. The van der Waals surface area contributed by atoms with Crippen molar-refractivity contribution < 1.29 is 13.2 Å². The highest BCUT2D eigenvalue weighted by Gasteiger charge is 2.32. The molecule has 1 saturated heterocycles. The maximum atomic E-state index is 12.3. The predicted octanol–water partition coefficient (Wildman–Crippen LogP) is 1.50. The molecular weight excluding hydrogens is 276 g/mol. The highest BCUT2D eigenvalue weighted by molar-refractivity contribution is 7.89. The van der Waals surface area contributed by atoms with Gasteiger partial charge in [0.15, 0.2) is 0 Å². The Hall–Kier alpha value is -0.620. The normalized spacial score (nSPS) is 26.4. The molecule has 1 amide bonds. The summed E-state index contributed by atoms with van der Waals surface area (Å²) in [6, 6.07) is 0.300. The van der Waals surface area contributed by atoms with Crippen LogP contribution in [0.3, 0.4) is 0 Å². The molecule has 2 rings (SSSR count). The number of nitrogens with zero attached hydrogens (tertiary/aromatic N) is 1. The minimum Gasteiger partial charge on any atom is -0.353 e. The number of nitrogens with one attached hydrogen (secondary N) is 1. The van der Waals surface area contributed by atoms with Crippen molar-refractivity contribution in [3.05, 3.63) is 0 Å². The summed E-state index contributed by atoms with van der Waals surface area (Å²) in [5, 5.41) is 3.12. The fourth-order valence-corrected chi connectivity index (χ4v) is 4.34. The number of carbonyl (C=O) groups excluding carboxylic acids is 1. The van der Waals surface area contributed by atoms with Gasteiger partial charge in [-0.3, -0.25) is 4.79 Å². The molecule has 1 atom stereocenters. The van der Waals surface area contributed by atoms with Crippen LogP contribution in [-0.2, 0) is 14.8 Å². The molecular formula is C14H26N2O3S. The Labute approximate surface area is 122 Å². The lowest BCUT2D eigenvalue weighted by Gasteiger charge is -2.32. The summed E-state index contributed by atoms with van der Waals surface area (Å²) < 4.78 is 25.3. The fourth-order valence-electron chi connectivity index (χ4n) is 3.16. The zero-order valence-electron chi connectivity index (χ0n) is 12.3. The van der Waals surface area contributed by atoms with Crippen molar-refractivity contribution in [1.82, 2.24) is 9.62 Å². The number of hydrogen-bond donors (Lipinski definition) is 1. The van der Waals surface area contributed by atoms with E-state index >= 15 is 0 Å². The third-order valence-electron chi connectivity index (χ3n) is 4.46. The molecule has 116 valence electrons. The summed E-state index contributed by atoms with van der Waals surface area (Å²) in [6.07, 6.45) is 7.34. The van der Waals surface area contributed by atoms with Crippen molar-refractivity contribution in [3.8, 4) is 0 Å². The zero-order valence-corrected chi connectivity index (χ0v) is 13.1. The number of carbonyl (C=O) groups is 1. The lowest BCUT2D eigenvalue weighted by molar-refractivity contribution is -0.127. The largest absolute Gasteiger partial charge is 0.353 e. The van der Waals surface area contributed by atoms with Crippen LogP contribution in [0.15, 0.2) is 0 Å². The van der Waals surface area contributed by atoms with Gasteiger partial charge in [-0.15, -0.1) is 0 Å². The van der Waals surface area contributed by atoms with Crippen LogP contribution < -0.4 is 5.32 Å². The van der Waals surface area contributed by atoms with Crippen molar-refractivity contribution in [3.63, 3.8) is 0 Å². The first-order valence-electron chi connectivity index (χ1n) is 7.81. The first-order valence-corrected chi connectivity index (χ1v) is 9.42. The molecule has 0 aromatic carbocycles. The molecule has 1 heterocycles. The second-order valence-electron chi connectivity index (χ2n) is 5.94. The molecule has 1 aliphatic carbocycles. The smallest absolute Gasteiger partial charge is 0.224 e. The highest BCUT2D eigenvalue weighted by atomic mass is 32.2. The van der Waals surface area contributed by atoms with Gasteiger partial charge in [-0.2, -0.15) is 0 Å². The van der Waals surface area contributed by atoms with E-state index in [2.05, 4.69) is 5.32 Å². The molecule has 1 aliphatic heterocycles. The van der Waals surface area contributed by atoms with Crippen LogP contribution in [0, 0.1) is 5.92 Å². The molecule has 0 unspecified atom stereocenters. The molecule has 1 saturated carbocycles. The van der Waals surface area contributed by atoms with Gasteiger partial charge in [0.2, 0.25) is 15.9 Å². The average Bonchev–Trinajstić information content (AvgIpc) is 2.48. The van der Waals surface area contributed by atoms with Crippen molar-refractivity contribution in [1.29, 1.82) is 0 Å². The van der Waals surface area contributed by atoms with Gasteiger partial charge in [-0.05, 0) is 32.6 Å². The zero-order chi connectivity index (χ0) is 14.6. The topological polar surface area (TPSA) is 66.5 Å². The summed E-state index contributed by atoms with van der Waals surface area (Å²) in [5.74, 6) is -0.0100. The van der Waals surface area contributed by atoms with Gasteiger partial charge >= 0.3 is 0 Å². The molecule has 1 N–H and O–H groups in total. The maximum absolute atomic E-state index is 12.3. The van der Waals surface area contributed by atoms with Gasteiger partial charge in [0, 0.05) is 19.1 Å². The molecule has 5 nitrogen and oxygen atoms in total. The lowest BCUT2D eigenvalue weighted by atomic mass is 9.93. The van der Waals surface area contributed by atoms with E-state index in [-0.39, 0.29) is 17.6 Å². The first kappa shape index (κ1) is 15.8. The molecule has 0 radical (unpaired) electrons. The highest BCUT2D eigenvalue weighted by Crippen LogP contribution is 2.22. The van der Waals surface area contributed by atoms with Gasteiger partial charge in [0.1, 0.15) is 0 Å². The van der Waals surface area contributed by atoms with Crippen LogP contribution in [-0.4, -0.2) is 43.5 Å². The molecule has 2 aliphatic rings. The number of rotatable bonds is 4. The van der Waals surface area contributed by atoms with Crippen LogP contribution >= 0.6 is 0 Å². The summed E-state index contributed by atoms with van der Waals surface area (Å²) in [7, 11) is -3.17. The Balaban J connectivity index is 1.89. The minimum atomic E-state index is -3.17. The van der Waals surface area contributed by atoms with Gasteiger partial charge in [-0.25, -0.2) is 12.7 Å². The summed E-state index contributed by atoms with van der Waals surface area (Å²) in [6.45, 7) is 2.57. The Morgan fingerprint density at radius 3 is 2.50 bits per heavy atom. The monoisotopic (exact) mass is 302 g/mol. The molecule has 2 fully saturated rings. The third-order valence-corrected chi connectivity index (χ3v) is 6.31. The van der Waals surface area contributed by atoms with Gasteiger partial charge in [0.05, 0.1) is 11.7 Å². The summed E-state index contributed by atoms with van der Waals surface area (Å²) in [5.41, 5.74) is 0.